The maximum Gasteiger partial charge on any atom is 0.410 e. The molecule has 6 aromatic rings. The monoisotopic (exact) mass is 1550 g/mol. The van der Waals surface area contributed by atoms with Crippen LogP contribution in [0.25, 0.3) is 0 Å². The van der Waals surface area contributed by atoms with Crippen molar-refractivity contribution in [2.75, 3.05) is 39.4 Å². The minimum absolute atomic E-state index is 0.0865. The van der Waals surface area contributed by atoms with E-state index >= 15 is 0 Å². The van der Waals surface area contributed by atoms with Crippen molar-refractivity contribution < 1.29 is 131 Å². The molecular formula is C77H91N7O27. The van der Waals surface area contributed by atoms with E-state index in [-0.39, 0.29) is 59.3 Å². The molecule has 0 aromatic heterocycles. The second-order valence-corrected chi connectivity index (χ2v) is 26.7. The molecule has 11 rings (SSSR count). The van der Waals surface area contributed by atoms with Crippen molar-refractivity contribution in [3.8, 4) is 0 Å². The number of epoxide rings is 1. The number of fused-ring (bicyclic) bond motifs is 1. The number of aliphatic hydroxyl groups is 7. The Kier molecular flexibility index (Phi) is 30.0. The van der Waals surface area contributed by atoms with Crippen LogP contribution in [0.4, 0.5) is 28.8 Å². The number of benzene rings is 6. The summed E-state index contributed by atoms with van der Waals surface area (Å²) < 4.78 is 78.6. The van der Waals surface area contributed by atoms with Crippen LogP contribution < -0.4 is 31.9 Å². The number of hydrogen-bond acceptors (Lipinski definition) is 27. The molecule has 4 saturated heterocycles. The van der Waals surface area contributed by atoms with Crippen molar-refractivity contribution >= 4 is 42.5 Å². The van der Waals surface area contributed by atoms with Gasteiger partial charge < -0.3 is 134 Å². The van der Waals surface area contributed by atoms with Gasteiger partial charge in [0.15, 0.2) is 18.9 Å². The van der Waals surface area contributed by atoms with Crippen LogP contribution in [0, 0.1) is 0 Å². The summed E-state index contributed by atoms with van der Waals surface area (Å²) in [5.74, 6) is -1.11. The number of carbonyl (C=O) groups excluding carboxylic acids is 7. The molecule has 0 radical (unpaired) electrons. The van der Waals surface area contributed by atoms with E-state index in [0.717, 1.165) is 4.90 Å². The van der Waals surface area contributed by atoms with Gasteiger partial charge in [-0.3, -0.25) is 4.79 Å². The summed E-state index contributed by atoms with van der Waals surface area (Å²) in [5.41, 5.74) is 3.72. The molecule has 5 fully saturated rings. The highest BCUT2D eigenvalue weighted by Gasteiger charge is 2.62. The van der Waals surface area contributed by atoms with Gasteiger partial charge in [0.1, 0.15) is 131 Å². The van der Waals surface area contributed by atoms with Crippen LogP contribution in [0.1, 0.15) is 46.2 Å². The largest absolute Gasteiger partial charge is 0.445 e. The third-order valence-electron chi connectivity index (χ3n) is 18.8. The van der Waals surface area contributed by atoms with Crippen LogP contribution in [0.5, 0.6) is 0 Å². The van der Waals surface area contributed by atoms with Crippen LogP contribution in [-0.2, 0) is 106 Å². The minimum atomic E-state index is -2.13. The molecule has 34 nitrogen and oxygen atoms in total. The van der Waals surface area contributed by atoms with Crippen LogP contribution in [0.3, 0.4) is 0 Å². The van der Waals surface area contributed by atoms with Gasteiger partial charge >= 0.3 is 36.6 Å². The number of nitrogens with one attached hydrogen (secondary N) is 6. The first-order valence-electron chi connectivity index (χ1n) is 36.2. The van der Waals surface area contributed by atoms with E-state index in [9.17, 15) is 69.3 Å². The molecule has 1 aliphatic carbocycles. The Morgan fingerprint density at radius 1 is 0.414 bits per heavy atom. The lowest BCUT2D eigenvalue weighted by molar-refractivity contribution is -0.291. The van der Waals surface area contributed by atoms with Gasteiger partial charge in [-0.25, -0.2) is 28.8 Å². The second kappa shape index (κ2) is 40.7. The van der Waals surface area contributed by atoms with Gasteiger partial charge in [-0.2, -0.15) is 0 Å². The summed E-state index contributed by atoms with van der Waals surface area (Å²) in [6.07, 6.45) is -34.6. The zero-order chi connectivity index (χ0) is 78.2. The first-order valence-corrected chi connectivity index (χ1v) is 36.2. The predicted molar refractivity (Wildman–Crippen MR) is 383 cm³/mol. The van der Waals surface area contributed by atoms with Gasteiger partial charge in [0, 0.05) is 19.6 Å². The smallest absolute Gasteiger partial charge is 0.410 e. The topological polar surface area (TPSA) is 460 Å². The third kappa shape index (κ3) is 23.5. The number of rotatable bonds is 33. The standard InChI is InChI=1S/C77H91N7O27/c85-34-33-84(77(98)104-44-50-29-17-6-18-30-50)37-55-65-66(108-65)58(83-76(97)103-43-49-27-15-5-16-28-49)70(106-55)109-63-52(81-74(95)101-41-47-23-11-3-12-24-47)35-51(80-68(92)53(87)31-32-78-72(93)99-39-45-19-7-1-8-20-45)59(88)67(63)111-71-62(91)64(56(38-86)107-71)110-69-57(82-75(96)102-42-48-25-13-4-14-26-48)61(90)60(89)54(105-69)36-79-73(94)100-40-46-21-9-2-10-22-46/h1-30,51-67,69-71,85-91H,31-44H2,(H,78,93)(H,79,94)(H,80,92)(H,81,95)(H,82,96)(H,83,97)/t51-,52+,53+,54+,55-,56-,57-,58-,59+,60-,61-,62-,63-,64-,65+,66-,67-,69-,70-,71+/m1/s1. The maximum absolute atomic E-state index is 14.4. The molecular weight excluding hydrogens is 1450 g/mol. The fourth-order valence-corrected chi connectivity index (χ4v) is 13.0. The second-order valence-electron chi connectivity index (χ2n) is 26.7. The molecule has 5 aliphatic rings. The fourth-order valence-electron chi connectivity index (χ4n) is 13.0. The van der Waals surface area contributed by atoms with Gasteiger partial charge in [-0.1, -0.05) is 182 Å². The number of aliphatic hydroxyl groups excluding tert-OH is 7. The molecule has 0 bridgehead atoms. The van der Waals surface area contributed by atoms with Crippen molar-refractivity contribution in [2.45, 2.75) is 175 Å². The molecule has 34 heteroatoms. The van der Waals surface area contributed by atoms with Gasteiger partial charge in [-0.15, -0.1) is 0 Å². The lowest BCUT2D eigenvalue weighted by Gasteiger charge is -2.47. The van der Waals surface area contributed by atoms with E-state index in [1.165, 1.54) is 0 Å². The summed E-state index contributed by atoms with van der Waals surface area (Å²) in [6, 6.07) is 45.7. The van der Waals surface area contributed by atoms with Crippen LogP contribution >= 0.6 is 0 Å². The molecule has 7 amide bonds. The number of hydrogen-bond donors (Lipinski definition) is 13. The van der Waals surface area contributed by atoms with E-state index in [0.29, 0.717) is 33.4 Å². The lowest BCUT2D eigenvalue weighted by atomic mass is 9.83. The summed E-state index contributed by atoms with van der Waals surface area (Å²) in [5, 5.41) is 97.5. The van der Waals surface area contributed by atoms with Crippen molar-refractivity contribution in [1.82, 2.24) is 36.8 Å². The number of carbonyl (C=O) groups is 7. The molecule has 4 aliphatic heterocycles. The van der Waals surface area contributed by atoms with Gasteiger partial charge in [0.05, 0.1) is 31.8 Å². The molecule has 20 atom stereocenters. The summed E-state index contributed by atoms with van der Waals surface area (Å²) in [7, 11) is 0. The van der Waals surface area contributed by atoms with Crippen molar-refractivity contribution in [3.63, 3.8) is 0 Å². The Labute approximate surface area is 637 Å². The quantitative estimate of drug-likeness (QED) is 0.0208. The SMILES string of the molecule is O=C(NCC[C@H](O)C(=O)N[C@@H]1C[C@H](NC(=O)OCc2ccccc2)[C@@H](O[C@H]2O[C@H](CN(CCO)C(=O)OCc3ccccc3)[C@@H]3O[C@@H]3[C@H]2NC(=O)OCc2ccccc2)[C@H](O[C@@H]2O[C@H](CO)[C@@H](O[C@H]3O[C@@H](CNC(=O)OCc4ccccc4)[C@@H](O)[C@H](O)[C@H]3NC(=O)OCc3ccccc3)[C@H]2O)[C@H]1O)OCc1ccccc1. The number of amides is 7. The van der Waals surface area contributed by atoms with Gasteiger partial charge in [0.2, 0.25) is 5.91 Å². The van der Waals surface area contributed by atoms with Crippen LogP contribution in [0.2, 0.25) is 0 Å². The molecule has 111 heavy (non-hydrogen) atoms. The highest BCUT2D eigenvalue weighted by molar-refractivity contribution is 5.81. The Balaban J connectivity index is 0.901. The Morgan fingerprint density at radius 2 is 0.838 bits per heavy atom. The molecule has 4 heterocycles. The third-order valence-corrected chi connectivity index (χ3v) is 18.8. The fraction of sp³-hybridized carbons (Fsp3) is 0.442. The molecule has 1 saturated carbocycles. The molecule has 0 spiro atoms. The Morgan fingerprint density at radius 3 is 1.33 bits per heavy atom. The van der Waals surface area contributed by atoms with Crippen LogP contribution in [-0.4, -0.2) is 245 Å². The normalized spacial score (nSPS) is 27.4. The molecule has 6 aromatic carbocycles. The Bertz CT molecular complexity index is 3910. The molecule has 13 N–H and O–H groups in total. The van der Waals surface area contributed by atoms with E-state index in [1.54, 1.807) is 182 Å². The summed E-state index contributed by atoms with van der Waals surface area (Å²) >= 11 is 0. The zero-order valence-corrected chi connectivity index (χ0v) is 60.0. The average molecular weight is 1550 g/mol. The van der Waals surface area contributed by atoms with E-state index in [1.807, 2.05) is 0 Å². The highest BCUT2D eigenvalue weighted by atomic mass is 16.8. The summed E-state index contributed by atoms with van der Waals surface area (Å²) in [4.78, 5) is 97.3. The lowest BCUT2D eigenvalue weighted by Crippen LogP contribution is -2.69. The van der Waals surface area contributed by atoms with Gasteiger partial charge in [0.25, 0.3) is 0 Å². The number of nitrogens with zero attached hydrogens (tertiary/aromatic N) is 1. The minimum Gasteiger partial charge on any atom is -0.445 e. The van der Waals surface area contributed by atoms with Crippen molar-refractivity contribution in [2.24, 2.45) is 0 Å². The first-order chi connectivity index (χ1) is 53.9. The number of ether oxygens (including phenoxy) is 13. The van der Waals surface area contributed by atoms with Gasteiger partial charge in [-0.05, 0) is 46.2 Å². The number of alkyl carbamates (subject to hydrolysis) is 5. The van der Waals surface area contributed by atoms with Crippen molar-refractivity contribution in [3.05, 3.63) is 215 Å². The molecule has 0 unspecified atom stereocenters. The first kappa shape index (κ1) is 81.8. The van der Waals surface area contributed by atoms with E-state index in [4.69, 9.17) is 61.6 Å². The summed E-state index contributed by atoms with van der Waals surface area (Å²) in [6.45, 7) is -4.14. The van der Waals surface area contributed by atoms with E-state index in [2.05, 4.69) is 31.9 Å². The maximum atomic E-state index is 14.4. The average Bonchev–Trinajstić information content (AvgIpc) is 1.51. The Hall–Kier alpha value is -10.2. The van der Waals surface area contributed by atoms with Crippen LogP contribution in [0.15, 0.2) is 182 Å². The highest BCUT2D eigenvalue weighted by Crippen LogP contribution is 2.41. The predicted octanol–water partition coefficient (Wildman–Crippen LogP) is 2.53. The van der Waals surface area contributed by atoms with E-state index < -0.39 is 197 Å². The molecule has 596 valence electrons. The zero-order valence-electron chi connectivity index (χ0n) is 60.0. The van der Waals surface area contributed by atoms with Crippen molar-refractivity contribution in [1.29, 1.82) is 0 Å².